The fraction of sp³-hybridized carbons (Fsp3) is 0.429. The Hall–Kier alpha value is -1.69. The summed E-state index contributed by atoms with van der Waals surface area (Å²) < 4.78 is 11.8. The molecule has 0 saturated heterocycles. The maximum atomic E-state index is 11.8. The molecule has 5 nitrogen and oxygen atoms in total. The van der Waals surface area contributed by atoms with Crippen molar-refractivity contribution in [3.05, 3.63) is 35.4 Å². The SMILES string of the molecule is CC(C)NC(=O)CCS(=O)Cc1ccc(C(=O)O)cc1. The van der Waals surface area contributed by atoms with E-state index in [2.05, 4.69) is 5.32 Å². The van der Waals surface area contributed by atoms with E-state index in [1.807, 2.05) is 13.8 Å². The molecule has 1 unspecified atom stereocenters. The van der Waals surface area contributed by atoms with Gasteiger partial charge in [-0.1, -0.05) is 12.1 Å². The lowest BCUT2D eigenvalue weighted by atomic mass is 10.1. The van der Waals surface area contributed by atoms with Crippen molar-refractivity contribution in [1.82, 2.24) is 5.32 Å². The fourth-order valence-corrected chi connectivity index (χ4v) is 2.72. The van der Waals surface area contributed by atoms with Gasteiger partial charge in [0.1, 0.15) is 0 Å². The number of carbonyl (C=O) groups excluding carboxylic acids is 1. The molecule has 0 spiro atoms. The maximum absolute atomic E-state index is 11.8. The van der Waals surface area contributed by atoms with Gasteiger partial charge in [-0.15, -0.1) is 0 Å². The lowest BCUT2D eigenvalue weighted by Gasteiger charge is -2.08. The Morgan fingerprint density at radius 2 is 1.85 bits per heavy atom. The Labute approximate surface area is 120 Å². The van der Waals surface area contributed by atoms with Crippen molar-refractivity contribution in [2.75, 3.05) is 5.75 Å². The van der Waals surface area contributed by atoms with E-state index in [4.69, 9.17) is 5.11 Å². The highest BCUT2D eigenvalue weighted by Crippen LogP contribution is 2.07. The van der Waals surface area contributed by atoms with Crippen LogP contribution in [0.1, 0.15) is 36.2 Å². The topological polar surface area (TPSA) is 83.5 Å². The summed E-state index contributed by atoms with van der Waals surface area (Å²) in [6, 6.07) is 6.35. The van der Waals surface area contributed by atoms with Crippen LogP contribution < -0.4 is 5.32 Å². The zero-order valence-corrected chi connectivity index (χ0v) is 12.4. The van der Waals surface area contributed by atoms with Gasteiger partial charge in [0.25, 0.3) is 0 Å². The highest BCUT2D eigenvalue weighted by molar-refractivity contribution is 7.84. The van der Waals surface area contributed by atoms with Crippen molar-refractivity contribution in [1.29, 1.82) is 0 Å². The number of benzene rings is 1. The first-order valence-electron chi connectivity index (χ1n) is 6.35. The fourth-order valence-electron chi connectivity index (χ4n) is 1.60. The van der Waals surface area contributed by atoms with Crippen LogP contribution in [0, 0.1) is 0 Å². The molecule has 0 bridgehead atoms. The third kappa shape index (κ3) is 5.97. The summed E-state index contributed by atoms with van der Waals surface area (Å²) in [5.74, 6) is -0.453. The average molecular weight is 297 g/mol. The molecule has 6 heteroatoms. The van der Waals surface area contributed by atoms with Gasteiger partial charge >= 0.3 is 5.97 Å². The van der Waals surface area contributed by atoms with Gasteiger partial charge in [0.2, 0.25) is 5.91 Å². The van der Waals surface area contributed by atoms with Crippen LogP contribution in [-0.2, 0) is 21.3 Å². The molecule has 0 radical (unpaired) electrons. The van der Waals surface area contributed by atoms with Crippen LogP contribution in [0.15, 0.2) is 24.3 Å². The lowest BCUT2D eigenvalue weighted by Crippen LogP contribution is -2.30. The van der Waals surface area contributed by atoms with E-state index < -0.39 is 16.8 Å². The second-order valence-electron chi connectivity index (χ2n) is 4.76. The van der Waals surface area contributed by atoms with Crippen molar-refractivity contribution in [3.63, 3.8) is 0 Å². The van der Waals surface area contributed by atoms with Gasteiger partial charge < -0.3 is 10.4 Å². The molecular weight excluding hydrogens is 278 g/mol. The second kappa shape index (κ2) is 7.79. The molecule has 1 aromatic carbocycles. The Kier molecular flexibility index (Phi) is 6.38. The molecule has 2 N–H and O–H groups in total. The van der Waals surface area contributed by atoms with E-state index in [0.29, 0.717) is 11.5 Å². The standard InChI is InChI=1S/C14H19NO4S/c1-10(2)15-13(16)7-8-20(19)9-11-3-5-12(6-4-11)14(17)18/h3-6,10H,7-9H2,1-2H3,(H,15,16)(H,17,18). The monoisotopic (exact) mass is 297 g/mol. The second-order valence-corrected chi connectivity index (χ2v) is 6.34. The highest BCUT2D eigenvalue weighted by Gasteiger charge is 2.08. The van der Waals surface area contributed by atoms with E-state index in [9.17, 15) is 13.8 Å². The van der Waals surface area contributed by atoms with Crippen molar-refractivity contribution >= 4 is 22.7 Å². The minimum atomic E-state index is -1.13. The molecule has 0 heterocycles. The molecule has 0 fully saturated rings. The van der Waals surface area contributed by atoms with Gasteiger partial charge in [-0.3, -0.25) is 9.00 Å². The van der Waals surface area contributed by atoms with E-state index >= 15 is 0 Å². The Bertz CT molecular complexity index is 496. The minimum absolute atomic E-state index is 0.0829. The predicted octanol–water partition coefficient (Wildman–Crippen LogP) is 1.55. The van der Waals surface area contributed by atoms with Crippen molar-refractivity contribution < 1.29 is 18.9 Å². The molecule has 110 valence electrons. The summed E-state index contributed by atoms with van der Waals surface area (Å²) in [6.45, 7) is 3.75. The number of carbonyl (C=O) groups is 2. The van der Waals surface area contributed by atoms with Gasteiger partial charge in [-0.05, 0) is 31.5 Å². The summed E-state index contributed by atoms with van der Waals surface area (Å²) >= 11 is 0. The Morgan fingerprint density at radius 1 is 1.25 bits per heavy atom. The zero-order valence-electron chi connectivity index (χ0n) is 11.6. The first kappa shape index (κ1) is 16.4. The lowest BCUT2D eigenvalue weighted by molar-refractivity contribution is -0.121. The molecule has 1 aromatic rings. The van der Waals surface area contributed by atoms with Crippen LogP contribution >= 0.6 is 0 Å². The van der Waals surface area contributed by atoms with Crippen molar-refractivity contribution in [2.45, 2.75) is 32.1 Å². The molecule has 0 aromatic heterocycles. The summed E-state index contributed by atoms with van der Waals surface area (Å²) in [7, 11) is -1.13. The Morgan fingerprint density at radius 3 is 2.35 bits per heavy atom. The number of carboxylic acid groups (broad SMARTS) is 1. The largest absolute Gasteiger partial charge is 0.478 e. The number of carboxylic acids is 1. The number of nitrogens with one attached hydrogen (secondary N) is 1. The van der Waals surface area contributed by atoms with E-state index in [1.54, 1.807) is 12.1 Å². The van der Waals surface area contributed by atoms with Crippen LogP contribution in [0.25, 0.3) is 0 Å². The highest BCUT2D eigenvalue weighted by atomic mass is 32.2. The molecule has 1 amide bonds. The third-order valence-corrected chi connectivity index (χ3v) is 3.85. The minimum Gasteiger partial charge on any atom is -0.478 e. The number of rotatable bonds is 7. The van der Waals surface area contributed by atoms with Crippen LogP contribution in [0.3, 0.4) is 0 Å². The van der Waals surface area contributed by atoms with E-state index in [-0.39, 0.29) is 23.9 Å². The van der Waals surface area contributed by atoms with Gasteiger partial charge in [-0.2, -0.15) is 0 Å². The van der Waals surface area contributed by atoms with Crippen molar-refractivity contribution in [2.24, 2.45) is 0 Å². The van der Waals surface area contributed by atoms with E-state index in [1.165, 1.54) is 12.1 Å². The summed E-state index contributed by atoms with van der Waals surface area (Å²) in [6.07, 6.45) is 0.234. The molecular formula is C14H19NO4S. The van der Waals surface area contributed by atoms with Crippen LogP contribution in [0.5, 0.6) is 0 Å². The summed E-state index contributed by atoms with van der Waals surface area (Å²) in [5, 5.41) is 11.5. The summed E-state index contributed by atoms with van der Waals surface area (Å²) in [4.78, 5) is 22.1. The van der Waals surface area contributed by atoms with Gasteiger partial charge in [0, 0.05) is 34.8 Å². The number of amides is 1. The molecule has 0 aliphatic rings. The van der Waals surface area contributed by atoms with Crippen LogP contribution in [0.4, 0.5) is 0 Å². The van der Waals surface area contributed by atoms with Gasteiger partial charge in [0.05, 0.1) is 5.56 Å². The van der Waals surface area contributed by atoms with Gasteiger partial charge in [-0.25, -0.2) is 4.79 Å². The predicted molar refractivity (Wildman–Crippen MR) is 78.0 cm³/mol. The molecule has 0 aliphatic carbocycles. The number of hydrogen-bond acceptors (Lipinski definition) is 3. The zero-order chi connectivity index (χ0) is 15.1. The average Bonchev–Trinajstić information content (AvgIpc) is 2.36. The van der Waals surface area contributed by atoms with Crippen LogP contribution in [0.2, 0.25) is 0 Å². The quantitative estimate of drug-likeness (QED) is 0.800. The molecule has 20 heavy (non-hydrogen) atoms. The number of aromatic carboxylic acids is 1. The first-order chi connectivity index (χ1) is 9.38. The molecule has 1 rings (SSSR count). The normalized spacial score (nSPS) is 12.2. The Balaban J connectivity index is 2.42. The third-order valence-electron chi connectivity index (χ3n) is 2.53. The molecule has 1 atom stereocenters. The number of hydrogen-bond donors (Lipinski definition) is 2. The first-order valence-corrected chi connectivity index (χ1v) is 7.84. The van der Waals surface area contributed by atoms with Crippen molar-refractivity contribution in [3.8, 4) is 0 Å². The molecule has 0 aliphatic heterocycles. The maximum Gasteiger partial charge on any atom is 0.335 e. The molecule has 0 saturated carbocycles. The smallest absolute Gasteiger partial charge is 0.335 e. The summed E-state index contributed by atoms with van der Waals surface area (Å²) in [5.41, 5.74) is 1.01. The van der Waals surface area contributed by atoms with Gasteiger partial charge in [0.15, 0.2) is 0 Å². The van der Waals surface area contributed by atoms with E-state index in [0.717, 1.165) is 5.56 Å². The van der Waals surface area contributed by atoms with Crippen LogP contribution in [-0.4, -0.2) is 33.0 Å².